The molecule has 1 aliphatic heterocycles. The van der Waals surface area contributed by atoms with E-state index in [-0.39, 0.29) is 41.0 Å². The molecular weight excluding hydrogens is 650 g/mol. The third kappa shape index (κ3) is 10.7. The average molecular weight is 694 g/mol. The van der Waals surface area contributed by atoms with Crippen LogP contribution in [0.5, 0.6) is 5.75 Å². The first kappa shape index (κ1) is 36.7. The van der Waals surface area contributed by atoms with Gasteiger partial charge < -0.3 is 30.8 Å². The lowest BCUT2D eigenvalue weighted by atomic mass is 9.97. The molecule has 0 radical (unpaired) electrons. The first-order valence-corrected chi connectivity index (χ1v) is 17.5. The molecular formula is C35H43N5O8S. The van der Waals surface area contributed by atoms with Gasteiger partial charge in [-0.1, -0.05) is 40.9 Å². The Morgan fingerprint density at radius 3 is 2.08 bits per heavy atom. The van der Waals surface area contributed by atoms with Crippen LogP contribution in [0.1, 0.15) is 56.8 Å². The molecule has 1 atom stereocenters. The summed E-state index contributed by atoms with van der Waals surface area (Å²) in [6.45, 7) is 6.73. The van der Waals surface area contributed by atoms with Crippen LogP contribution in [0.3, 0.4) is 0 Å². The summed E-state index contributed by atoms with van der Waals surface area (Å²) in [4.78, 5) is 57.6. The molecule has 4 N–H and O–H groups in total. The monoisotopic (exact) mass is 693 g/mol. The molecule has 1 fully saturated rings. The number of nitrogens with two attached hydrogens (primary N) is 1. The second kappa shape index (κ2) is 16.3. The minimum atomic E-state index is -4.25. The highest BCUT2D eigenvalue weighted by Crippen LogP contribution is 2.26. The Balaban J connectivity index is 1.40. The van der Waals surface area contributed by atoms with E-state index in [0.29, 0.717) is 38.2 Å². The van der Waals surface area contributed by atoms with Crippen LogP contribution in [0.4, 0.5) is 10.5 Å². The lowest BCUT2D eigenvalue weighted by molar-refractivity contribution is -0.123. The number of anilines is 1. The van der Waals surface area contributed by atoms with Crippen molar-refractivity contribution in [1.82, 2.24) is 15.5 Å². The minimum absolute atomic E-state index is 0.0285. The smallest absolute Gasteiger partial charge is 0.410 e. The van der Waals surface area contributed by atoms with E-state index in [9.17, 15) is 27.6 Å². The van der Waals surface area contributed by atoms with Gasteiger partial charge in [0, 0.05) is 31.6 Å². The number of carbonyl (C=O) groups is 4. The van der Waals surface area contributed by atoms with E-state index in [1.165, 1.54) is 24.3 Å². The molecule has 0 aromatic heterocycles. The van der Waals surface area contributed by atoms with E-state index >= 15 is 0 Å². The number of benzene rings is 3. The molecule has 3 aromatic rings. The molecule has 1 heterocycles. The van der Waals surface area contributed by atoms with Gasteiger partial charge in [0.15, 0.2) is 5.75 Å². The number of primary amides is 1. The molecule has 0 bridgehead atoms. The van der Waals surface area contributed by atoms with E-state index < -0.39 is 39.4 Å². The van der Waals surface area contributed by atoms with Crippen molar-refractivity contribution in [3.63, 3.8) is 0 Å². The zero-order chi connectivity index (χ0) is 35.6. The summed E-state index contributed by atoms with van der Waals surface area (Å²) in [5, 5.41) is 5.50. The molecule has 262 valence electrons. The van der Waals surface area contributed by atoms with Gasteiger partial charge in [-0.3, -0.25) is 14.4 Å². The van der Waals surface area contributed by atoms with Crippen LogP contribution in [0.15, 0.2) is 89.8 Å². The second-order valence-electron chi connectivity index (χ2n) is 12.7. The van der Waals surface area contributed by atoms with Gasteiger partial charge in [0.2, 0.25) is 11.8 Å². The van der Waals surface area contributed by atoms with E-state index in [2.05, 4.69) is 10.6 Å². The zero-order valence-corrected chi connectivity index (χ0v) is 28.6. The maximum atomic E-state index is 13.7. The van der Waals surface area contributed by atoms with E-state index in [4.69, 9.17) is 15.3 Å². The Morgan fingerprint density at radius 2 is 1.51 bits per heavy atom. The van der Waals surface area contributed by atoms with Gasteiger partial charge in [0.1, 0.15) is 11.6 Å². The molecule has 4 rings (SSSR count). The van der Waals surface area contributed by atoms with Gasteiger partial charge in [0.25, 0.3) is 15.9 Å². The van der Waals surface area contributed by atoms with Crippen LogP contribution in [0.25, 0.3) is 0 Å². The zero-order valence-electron chi connectivity index (χ0n) is 27.8. The van der Waals surface area contributed by atoms with Crippen LogP contribution >= 0.6 is 0 Å². The Bertz CT molecular complexity index is 1690. The number of nitrogens with one attached hydrogen (secondary N) is 2. The second-order valence-corrected chi connectivity index (χ2v) is 14.4. The quantitative estimate of drug-likeness (QED) is 0.225. The van der Waals surface area contributed by atoms with Gasteiger partial charge in [-0.15, -0.1) is 0 Å². The average Bonchev–Trinajstić information content (AvgIpc) is 3.08. The number of sulfonamides is 1. The van der Waals surface area contributed by atoms with E-state index in [1.54, 1.807) is 65.6 Å². The van der Waals surface area contributed by atoms with Crippen molar-refractivity contribution in [2.75, 3.05) is 24.1 Å². The molecule has 1 unspecified atom stereocenters. The number of carbonyl (C=O) groups excluding carboxylic acids is 4. The van der Waals surface area contributed by atoms with Gasteiger partial charge in [-0.05, 0) is 94.5 Å². The number of hydrogen-bond donors (Lipinski definition) is 3. The first-order chi connectivity index (χ1) is 23.2. The molecule has 3 aromatic carbocycles. The molecule has 14 heteroatoms. The standard InChI is InChI=1S/C35H43N5O8S/c1-35(2,3)47-34(44)39-22-20-25(21-23-39)24-37-33(43)30(18-19-31(36)41)38-32(42)26-14-16-29(17-15-26)49(45,46)40(27-10-6-4-7-11-27)48-28-12-8-5-9-13-28/h4-17,25,30H,18-24H2,1-3H3,(H2,36,41)(H,37,43)(H,38,42). The predicted molar refractivity (Wildman–Crippen MR) is 183 cm³/mol. The van der Waals surface area contributed by atoms with Crippen molar-refractivity contribution in [1.29, 1.82) is 0 Å². The number of hydrogen-bond acceptors (Lipinski definition) is 8. The molecule has 0 saturated carbocycles. The van der Waals surface area contributed by atoms with Crippen molar-refractivity contribution >= 4 is 39.5 Å². The maximum absolute atomic E-state index is 13.7. The van der Waals surface area contributed by atoms with Gasteiger partial charge >= 0.3 is 6.09 Å². The topological polar surface area (TPSA) is 177 Å². The summed E-state index contributed by atoms with van der Waals surface area (Å²) in [6.07, 6.45) is 0.778. The molecule has 4 amide bonds. The Morgan fingerprint density at radius 1 is 0.918 bits per heavy atom. The molecule has 13 nitrogen and oxygen atoms in total. The van der Waals surface area contributed by atoms with Crippen molar-refractivity contribution in [3.8, 4) is 5.75 Å². The Kier molecular flexibility index (Phi) is 12.2. The highest BCUT2D eigenvalue weighted by molar-refractivity contribution is 7.92. The van der Waals surface area contributed by atoms with E-state index in [0.717, 1.165) is 4.47 Å². The summed E-state index contributed by atoms with van der Waals surface area (Å²) in [7, 11) is -4.25. The summed E-state index contributed by atoms with van der Waals surface area (Å²) >= 11 is 0. The highest BCUT2D eigenvalue weighted by atomic mass is 32.2. The first-order valence-electron chi connectivity index (χ1n) is 16.0. The molecule has 49 heavy (non-hydrogen) atoms. The third-order valence-corrected chi connectivity index (χ3v) is 9.25. The summed E-state index contributed by atoms with van der Waals surface area (Å²) in [5.41, 5.74) is 5.10. The third-order valence-electron chi connectivity index (χ3n) is 7.66. The van der Waals surface area contributed by atoms with Crippen molar-refractivity contribution in [2.24, 2.45) is 11.7 Å². The summed E-state index contributed by atoms with van der Waals surface area (Å²) < 4.78 is 33.7. The fourth-order valence-electron chi connectivity index (χ4n) is 5.05. The normalized spacial score (nSPS) is 14.3. The SMILES string of the molecule is CC(C)(C)OC(=O)N1CCC(CNC(=O)C(CCC(N)=O)NC(=O)c2ccc(S(=O)(=O)N(Oc3ccccc3)c3ccccc3)cc2)CC1. The number of piperidine rings is 1. The van der Waals surface area contributed by atoms with Crippen molar-refractivity contribution in [2.45, 2.75) is 63.0 Å². The minimum Gasteiger partial charge on any atom is -0.444 e. The van der Waals surface area contributed by atoms with E-state index in [1.807, 2.05) is 20.8 Å². The Labute approximate surface area is 286 Å². The number of para-hydroxylation sites is 2. The molecule has 0 aliphatic carbocycles. The lowest BCUT2D eigenvalue weighted by Gasteiger charge is -2.33. The number of nitrogens with zero attached hydrogens (tertiary/aromatic N) is 2. The van der Waals surface area contributed by atoms with Crippen LogP contribution < -0.4 is 25.7 Å². The molecule has 0 spiro atoms. The summed E-state index contributed by atoms with van der Waals surface area (Å²) in [6, 6.07) is 20.9. The van der Waals surface area contributed by atoms with Crippen LogP contribution in [0.2, 0.25) is 0 Å². The Hall–Kier alpha value is -5.11. The number of rotatable bonds is 13. The fraction of sp³-hybridized carbons (Fsp3) is 0.371. The maximum Gasteiger partial charge on any atom is 0.410 e. The van der Waals surface area contributed by atoms with Crippen LogP contribution in [-0.2, 0) is 24.3 Å². The van der Waals surface area contributed by atoms with Gasteiger partial charge in [0.05, 0.1) is 10.6 Å². The summed E-state index contributed by atoms with van der Waals surface area (Å²) in [5.74, 6) is -1.35. The highest BCUT2D eigenvalue weighted by Gasteiger charge is 2.30. The number of likely N-dealkylation sites (tertiary alicyclic amines) is 1. The number of amides is 4. The largest absolute Gasteiger partial charge is 0.444 e. The fourth-order valence-corrected chi connectivity index (χ4v) is 6.31. The van der Waals surface area contributed by atoms with Gasteiger partial charge in [-0.2, -0.15) is 8.42 Å². The van der Waals surface area contributed by atoms with Crippen LogP contribution in [0, 0.1) is 5.92 Å². The number of ether oxygens (including phenoxy) is 1. The van der Waals surface area contributed by atoms with Crippen LogP contribution in [-0.4, -0.2) is 68.4 Å². The van der Waals surface area contributed by atoms with Crippen molar-refractivity contribution in [3.05, 3.63) is 90.5 Å². The molecule has 1 saturated heterocycles. The predicted octanol–water partition coefficient (Wildman–Crippen LogP) is 4.00. The molecule has 1 aliphatic rings. The van der Waals surface area contributed by atoms with Crippen molar-refractivity contribution < 1.29 is 37.2 Å². The lowest BCUT2D eigenvalue weighted by Crippen LogP contribution is -2.49. The van der Waals surface area contributed by atoms with Gasteiger partial charge in [-0.25, -0.2) is 4.79 Å².